The van der Waals surface area contributed by atoms with E-state index >= 15 is 0 Å². The normalized spacial score (nSPS) is 11.1. The van der Waals surface area contributed by atoms with E-state index in [1.807, 2.05) is 25.9 Å². The molecule has 5 nitrogen and oxygen atoms in total. The van der Waals surface area contributed by atoms with Crippen LogP contribution in [-0.4, -0.2) is 32.5 Å². The van der Waals surface area contributed by atoms with Gasteiger partial charge in [-0.2, -0.15) is 16.9 Å². The number of thioether (sulfide) groups is 1. The van der Waals surface area contributed by atoms with Gasteiger partial charge in [0.25, 0.3) is 0 Å². The highest BCUT2D eigenvalue weighted by Gasteiger charge is 2.10. The van der Waals surface area contributed by atoms with Crippen LogP contribution in [0.15, 0.2) is 6.20 Å². The van der Waals surface area contributed by atoms with Gasteiger partial charge in [-0.05, 0) is 12.2 Å². The van der Waals surface area contributed by atoms with Gasteiger partial charge in [-0.15, -0.1) is 0 Å². The van der Waals surface area contributed by atoms with Crippen LogP contribution in [0.1, 0.15) is 32.0 Å². The second-order valence-corrected chi connectivity index (χ2v) is 5.61. The van der Waals surface area contributed by atoms with E-state index in [2.05, 4.69) is 27.3 Å². The molecule has 0 bridgehead atoms. The number of aromatic nitrogens is 4. The first-order valence-electron chi connectivity index (χ1n) is 6.70. The first-order valence-corrected chi connectivity index (χ1v) is 7.85. The number of hydrogen-bond donors (Lipinski definition) is 1. The smallest absolute Gasteiger partial charge is 0.163 e. The Bertz CT molecular complexity index is 537. The molecule has 0 aromatic carbocycles. The van der Waals surface area contributed by atoms with E-state index in [0.717, 1.165) is 28.4 Å². The Labute approximate surface area is 118 Å². The lowest BCUT2D eigenvalue weighted by Gasteiger charge is -2.05. The maximum Gasteiger partial charge on any atom is 0.163 e. The molecule has 0 saturated carbocycles. The number of nitrogens with zero attached hydrogens (tertiary/aromatic N) is 4. The minimum absolute atomic E-state index is 0.861. The van der Waals surface area contributed by atoms with Crippen LogP contribution in [0, 0.1) is 0 Å². The van der Waals surface area contributed by atoms with Crippen molar-refractivity contribution in [1.29, 1.82) is 0 Å². The van der Waals surface area contributed by atoms with Gasteiger partial charge in [-0.25, -0.2) is 9.97 Å². The van der Waals surface area contributed by atoms with Crippen LogP contribution in [0.3, 0.4) is 0 Å². The quantitative estimate of drug-likeness (QED) is 0.790. The molecule has 0 unspecified atom stereocenters. The van der Waals surface area contributed by atoms with E-state index in [1.165, 1.54) is 25.0 Å². The zero-order valence-corrected chi connectivity index (χ0v) is 12.6. The molecular weight excluding hydrogens is 258 g/mol. The first-order chi connectivity index (χ1) is 9.26. The summed E-state index contributed by atoms with van der Waals surface area (Å²) in [4.78, 5) is 9.14. The predicted molar refractivity (Wildman–Crippen MR) is 81.5 cm³/mol. The molecule has 2 aromatic rings. The van der Waals surface area contributed by atoms with Crippen LogP contribution in [0.2, 0.25) is 0 Å². The highest BCUT2D eigenvalue weighted by Crippen LogP contribution is 2.21. The molecule has 0 amide bonds. The van der Waals surface area contributed by atoms with Gasteiger partial charge in [0.05, 0.1) is 17.3 Å². The lowest BCUT2D eigenvalue weighted by atomic mass is 10.3. The van der Waals surface area contributed by atoms with E-state index in [4.69, 9.17) is 0 Å². The molecule has 0 atom stereocenters. The van der Waals surface area contributed by atoms with E-state index in [9.17, 15) is 0 Å². The molecule has 0 aliphatic heterocycles. The second-order valence-electron chi connectivity index (χ2n) is 4.50. The van der Waals surface area contributed by atoms with Gasteiger partial charge < -0.3 is 5.32 Å². The fourth-order valence-electron chi connectivity index (χ4n) is 1.94. The molecule has 0 spiro atoms. The molecule has 1 N–H and O–H groups in total. The summed E-state index contributed by atoms with van der Waals surface area (Å²) < 4.78 is 1.79. The number of rotatable bonds is 7. The third-order valence-corrected chi connectivity index (χ3v) is 4.04. The minimum Gasteiger partial charge on any atom is -0.372 e. The second kappa shape index (κ2) is 6.75. The van der Waals surface area contributed by atoms with Crippen molar-refractivity contribution in [2.45, 2.75) is 31.9 Å². The van der Waals surface area contributed by atoms with Crippen LogP contribution >= 0.6 is 11.8 Å². The molecule has 0 saturated heterocycles. The number of aryl methyl sites for hydroxylation is 1. The summed E-state index contributed by atoms with van der Waals surface area (Å²) >= 11 is 1.90. The van der Waals surface area contributed by atoms with E-state index < -0.39 is 0 Å². The van der Waals surface area contributed by atoms with Gasteiger partial charge >= 0.3 is 0 Å². The number of anilines is 1. The summed E-state index contributed by atoms with van der Waals surface area (Å²) in [6.45, 7) is 2.23. The number of nitrogens with one attached hydrogen (secondary N) is 1. The van der Waals surface area contributed by atoms with Gasteiger partial charge in [0.15, 0.2) is 5.65 Å². The highest BCUT2D eigenvalue weighted by molar-refractivity contribution is 7.98. The summed E-state index contributed by atoms with van der Waals surface area (Å²) in [6.07, 6.45) is 5.64. The summed E-state index contributed by atoms with van der Waals surface area (Å²) in [5.74, 6) is 3.78. The minimum atomic E-state index is 0.861. The summed E-state index contributed by atoms with van der Waals surface area (Å²) in [6, 6.07) is 0. The van der Waals surface area contributed by atoms with Crippen molar-refractivity contribution in [2.24, 2.45) is 7.05 Å². The molecule has 104 valence electrons. The van der Waals surface area contributed by atoms with Crippen LogP contribution in [-0.2, 0) is 12.8 Å². The van der Waals surface area contributed by atoms with E-state index in [0.29, 0.717) is 0 Å². The fourth-order valence-corrected chi connectivity index (χ4v) is 2.80. The lowest BCUT2D eigenvalue weighted by Crippen LogP contribution is -2.02. The molecule has 6 heteroatoms. The average molecular weight is 279 g/mol. The van der Waals surface area contributed by atoms with Crippen LogP contribution in [0.5, 0.6) is 0 Å². The number of hydrogen-bond acceptors (Lipinski definition) is 5. The van der Waals surface area contributed by atoms with Gasteiger partial charge in [0, 0.05) is 14.1 Å². The van der Waals surface area contributed by atoms with Crippen LogP contribution in [0.4, 0.5) is 5.82 Å². The molecule has 2 rings (SSSR count). The Balaban J connectivity index is 2.08. The van der Waals surface area contributed by atoms with Crippen molar-refractivity contribution in [3.05, 3.63) is 12.0 Å². The van der Waals surface area contributed by atoms with Crippen molar-refractivity contribution in [3.8, 4) is 0 Å². The van der Waals surface area contributed by atoms with Crippen LogP contribution < -0.4 is 5.32 Å². The van der Waals surface area contributed by atoms with Crippen molar-refractivity contribution >= 4 is 28.6 Å². The number of fused-ring (bicyclic) bond motifs is 1. The van der Waals surface area contributed by atoms with Crippen molar-refractivity contribution in [3.63, 3.8) is 0 Å². The molecule has 0 fully saturated rings. The maximum atomic E-state index is 4.59. The van der Waals surface area contributed by atoms with Crippen molar-refractivity contribution < 1.29 is 0 Å². The van der Waals surface area contributed by atoms with Crippen molar-refractivity contribution in [1.82, 2.24) is 19.7 Å². The molecule has 0 aliphatic rings. The Kier molecular flexibility index (Phi) is 5.01. The van der Waals surface area contributed by atoms with E-state index in [1.54, 1.807) is 10.9 Å². The number of unbranched alkanes of at least 4 members (excludes halogenated alkanes) is 2. The predicted octanol–water partition coefficient (Wildman–Crippen LogP) is 2.83. The molecule has 0 aliphatic carbocycles. The zero-order chi connectivity index (χ0) is 13.7. The van der Waals surface area contributed by atoms with Gasteiger partial charge in [0.2, 0.25) is 0 Å². The summed E-state index contributed by atoms with van der Waals surface area (Å²) in [7, 11) is 3.79. The Morgan fingerprint density at radius 2 is 2.16 bits per heavy atom. The first kappa shape index (κ1) is 14.1. The Hall–Kier alpha value is -1.30. The Morgan fingerprint density at radius 1 is 1.32 bits per heavy atom. The molecule has 2 heterocycles. The third kappa shape index (κ3) is 3.37. The highest BCUT2D eigenvalue weighted by atomic mass is 32.2. The summed E-state index contributed by atoms with van der Waals surface area (Å²) in [5.41, 5.74) is 0.892. The standard InChI is InChI=1S/C13H21N5S/c1-4-5-6-7-19-9-11-16-12(14-2)10-8-15-18(3)13(10)17-11/h8H,4-7,9H2,1-3H3,(H,14,16,17). The fraction of sp³-hybridized carbons (Fsp3) is 0.615. The molecule has 19 heavy (non-hydrogen) atoms. The maximum absolute atomic E-state index is 4.59. The van der Waals surface area contributed by atoms with Gasteiger partial charge in [-0.1, -0.05) is 19.8 Å². The third-order valence-electron chi connectivity index (χ3n) is 3.00. The van der Waals surface area contributed by atoms with Gasteiger partial charge in [-0.3, -0.25) is 4.68 Å². The summed E-state index contributed by atoms with van der Waals surface area (Å²) in [5, 5.41) is 8.33. The van der Waals surface area contributed by atoms with E-state index in [-0.39, 0.29) is 0 Å². The largest absolute Gasteiger partial charge is 0.372 e. The van der Waals surface area contributed by atoms with Crippen molar-refractivity contribution in [2.75, 3.05) is 18.1 Å². The monoisotopic (exact) mass is 279 g/mol. The molecule has 0 radical (unpaired) electrons. The lowest BCUT2D eigenvalue weighted by molar-refractivity contribution is 0.777. The SMILES string of the molecule is CCCCCSCc1nc(NC)c2cnn(C)c2n1. The molecular formula is C13H21N5S. The molecule has 2 aromatic heterocycles. The van der Waals surface area contributed by atoms with Gasteiger partial charge in [0.1, 0.15) is 11.6 Å². The van der Waals surface area contributed by atoms with Crippen LogP contribution in [0.25, 0.3) is 11.0 Å². The topological polar surface area (TPSA) is 55.6 Å². The zero-order valence-electron chi connectivity index (χ0n) is 11.8. The average Bonchev–Trinajstić information content (AvgIpc) is 2.80. The Morgan fingerprint density at radius 3 is 2.89 bits per heavy atom.